The number of hydrogen-bond donors (Lipinski definition) is 2. The molecule has 0 aliphatic heterocycles. The van der Waals surface area contributed by atoms with Crippen LogP contribution in [0.5, 0.6) is 0 Å². The van der Waals surface area contributed by atoms with Crippen LogP contribution in [-0.4, -0.2) is 35.4 Å². The maximum atomic E-state index is 4.47. The molecule has 1 atom stereocenters. The smallest absolute Gasteiger partial charge is 0.191 e. The molecule has 5 heteroatoms. The van der Waals surface area contributed by atoms with Gasteiger partial charge in [-0.05, 0) is 39.2 Å². The molecule has 132 valence electrons. The first-order valence-corrected chi connectivity index (χ1v) is 8.95. The van der Waals surface area contributed by atoms with Crippen LogP contribution in [0.4, 0.5) is 0 Å². The third-order valence-corrected chi connectivity index (χ3v) is 4.42. The Morgan fingerprint density at radius 1 is 1.26 bits per heavy atom. The van der Waals surface area contributed by atoms with Crippen molar-refractivity contribution in [2.45, 2.75) is 72.3 Å². The van der Waals surface area contributed by atoms with Crippen molar-refractivity contribution in [3.8, 4) is 0 Å². The highest BCUT2D eigenvalue weighted by Gasteiger charge is 2.10. The van der Waals surface area contributed by atoms with Crippen molar-refractivity contribution in [1.82, 2.24) is 20.4 Å². The van der Waals surface area contributed by atoms with Crippen LogP contribution in [0.3, 0.4) is 0 Å². The van der Waals surface area contributed by atoms with E-state index < -0.39 is 0 Å². The van der Waals surface area contributed by atoms with Crippen LogP contribution in [0, 0.1) is 13.8 Å². The van der Waals surface area contributed by atoms with Gasteiger partial charge in [0.1, 0.15) is 0 Å². The molecule has 0 aliphatic carbocycles. The SMILES string of the molecule is CCCCCCC(C)NC(=NC)NCCc1c(C)nn(C)c1C. The zero-order valence-corrected chi connectivity index (χ0v) is 15.9. The molecule has 1 unspecified atom stereocenters. The Balaban J connectivity index is 2.34. The quantitative estimate of drug-likeness (QED) is 0.417. The number of guanidine groups is 1. The number of unbranched alkanes of at least 4 members (excludes halogenated alkanes) is 3. The van der Waals surface area contributed by atoms with Gasteiger partial charge in [0.15, 0.2) is 5.96 Å². The lowest BCUT2D eigenvalue weighted by Gasteiger charge is -2.18. The average molecular weight is 322 g/mol. The van der Waals surface area contributed by atoms with Gasteiger partial charge in [-0.15, -0.1) is 0 Å². The Kier molecular flexibility index (Phi) is 8.74. The molecule has 0 saturated carbocycles. The first-order valence-electron chi connectivity index (χ1n) is 8.95. The summed E-state index contributed by atoms with van der Waals surface area (Å²) in [7, 11) is 3.83. The van der Waals surface area contributed by atoms with Crippen molar-refractivity contribution >= 4 is 5.96 Å². The second kappa shape index (κ2) is 10.3. The molecular weight excluding hydrogens is 286 g/mol. The van der Waals surface area contributed by atoms with Gasteiger partial charge in [-0.25, -0.2) is 0 Å². The lowest BCUT2D eigenvalue weighted by Crippen LogP contribution is -2.42. The third kappa shape index (κ3) is 6.63. The first kappa shape index (κ1) is 19.5. The number of hydrogen-bond acceptors (Lipinski definition) is 2. The number of aromatic nitrogens is 2. The Morgan fingerprint density at radius 3 is 2.57 bits per heavy atom. The van der Waals surface area contributed by atoms with Crippen molar-refractivity contribution in [3.05, 3.63) is 17.0 Å². The minimum absolute atomic E-state index is 0.458. The van der Waals surface area contributed by atoms with Crippen molar-refractivity contribution in [1.29, 1.82) is 0 Å². The minimum Gasteiger partial charge on any atom is -0.356 e. The molecule has 0 saturated heterocycles. The van der Waals surface area contributed by atoms with Crippen LogP contribution in [-0.2, 0) is 13.5 Å². The van der Waals surface area contributed by atoms with E-state index in [9.17, 15) is 0 Å². The van der Waals surface area contributed by atoms with Gasteiger partial charge >= 0.3 is 0 Å². The highest BCUT2D eigenvalue weighted by atomic mass is 15.3. The summed E-state index contributed by atoms with van der Waals surface area (Å²) in [6.07, 6.45) is 7.40. The molecule has 1 aromatic heterocycles. The zero-order valence-electron chi connectivity index (χ0n) is 15.9. The summed E-state index contributed by atoms with van der Waals surface area (Å²) in [5.74, 6) is 0.896. The van der Waals surface area contributed by atoms with Crippen LogP contribution in [0.15, 0.2) is 4.99 Å². The molecular formula is C18H35N5. The summed E-state index contributed by atoms with van der Waals surface area (Å²) in [6.45, 7) is 9.55. The summed E-state index contributed by atoms with van der Waals surface area (Å²) >= 11 is 0. The topological polar surface area (TPSA) is 54.2 Å². The van der Waals surface area contributed by atoms with Crippen molar-refractivity contribution in [2.24, 2.45) is 12.0 Å². The van der Waals surface area contributed by atoms with E-state index in [1.165, 1.54) is 43.4 Å². The van der Waals surface area contributed by atoms with Crippen LogP contribution in [0.25, 0.3) is 0 Å². The second-order valence-corrected chi connectivity index (χ2v) is 6.42. The van der Waals surface area contributed by atoms with Crippen molar-refractivity contribution in [3.63, 3.8) is 0 Å². The van der Waals surface area contributed by atoms with E-state index in [1.807, 2.05) is 18.8 Å². The van der Waals surface area contributed by atoms with E-state index in [2.05, 4.69) is 48.4 Å². The Morgan fingerprint density at radius 2 is 2.00 bits per heavy atom. The molecule has 23 heavy (non-hydrogen) atoms. The molecule has 1 aromatic rings. The van der Waals surface area contributed by atoms with E-state index in [4.69, 9.17) is 0 Å². The predicted octanol–water partition coefficient (Wildman–Crippen LogP) is 3.10. The number of aliphatic imine (C=N–C) groups is 1. The molecule has 0 aromatic carbocycles. The van der Waals surface area contributed by atoms with Gasteiger partial charge in [0.05, 0.1) is 5.69 Å². The van der Waals surface area contributed by atoms with Gasteiger partial charge in [-0.3, -0.25) is 9.67 Å². The van der Waals surface area contributed by atoms with Crippen LogP contribution in [0.2, 0.25) is 0 Å². The Hall–Kier alpha value is -1.52. The van der Waals surface area contributed by atoms with Gasteiger partial charge in [-0.1, -0.05) is 32.6 Å². The maximum Gasteiger partial charge on any atom is 0.191 e. The predicted molar refractivity (Wildman–Crippen MR) is 99.1 cm³/mol. The molecule has 0 amide bonds. The largest absolute Gasteiger partial charge is 0.356 e. The van der Waals surface area contributed by atoms with E-state index >= 15 is 0 Å². The average Bonchev–Trinajstić information content (AvgIpc) is 2.76. The molecule has 0 spiro atoms. The summed E-state index contributed by atoms with van der Waals surface area (Å²) in [4.78, 5) is 4.33. The molecule has 0 radical (unpaired) electrons. The van der Waals surface area contributed by atoms with Gasteiger partial charge in [0.25, 0.3) is 0 Å². The summed E-state index contributed by atoms with van der Waals surface area (Å²) < 4.78 is 1.95. The Labute approximate surface area is 142 Å². The number of nitrogens with one attached hydrogen (secondary N) is 2. The Bertz CT molecular complexity index is 490. The molecule has 0 fully saturated rings. The molecule has 2 N–H and O–H groups in total. The normalized spacial score (nSPS) is 13.2. The summed E-state index contributed by atoms with van der Waals surface area (Å²) in [5, 5.41) is 11.4. The molecule has 0 aliphatic rings. The minimum atomic E-state index is 0.458. The fourth-order valence-corrected chi connectivity index (χ4v) is 2.86. The number of rotatable bonds is 9. The van der Waals surface area contributed by atoms with Gasteiger partial charge in [-0.2, -0.15) is 5.10 Å². The number of nitrogens with zero attached hydrogens (tertiary/aromatic N) is 3. The van der Waals surface area contributed by atoms with E-state index in [-0.39, 0.29) is 0 Å². The van der Waals surface area contributed by atoms with E-state index in [0.29, 0.717) is 6.04 Å². The van der Waals surface area contributed by atoms with Crippen LogP contribution >= 0.6 is 0 Å². The molecule has 0 bridgehead atoms. The summed E-state index contributed by atoms with van der Waals surface area (Å²) in [6, 6.07) is 0.458. The van der Waals surface area contributed by atoms with Gasteiger partial charge in [0, 0.05) is 32.4 Å². The fraction of sp³-hybridized carbons (Fsp3) is 0.778. The monoisotopic (exact) mass is 321 g/mol. The van der Waals surface area contributed by atoms with E-state index in [0.717, 1.165) is 24.6 Å². The van der Waals surface area contributed by atoms with Crippen molar-refractivity contribution in [2.75, 3.05) is 13.6 Å². The second-order valence-electron chi connectivity index (χ2n) is 6.42. The maximum absolute atomic E-state index is 4.47. The third-order valence-electron chi connectivity index (χ3n) is 4.42. The first-order chi connectivity index (χ1) is 11.0. The lowest BCUT2D eigenvalue weighted by molar-refractivity contribution is 0.537. The molecule has 5 nitrogen and oxygen atoms in total. The number of aryl methyl sites for hydroxylation is 2. The highest BCUT2D eigenvalue weighted by Crippen LogP contribution is 2.11. The fourth-order valence-electron chi connectivity index (χ4n) is 2.86. The van der Waals surface area contributed by atoms with Gasteiger partial charge < -0.3 is 10.6 Å². The lowest BCUT2D eigenvalue weighted by atomic mass is 10.1. The van der Waals surface area contributed by atoms with Crippen molar-refractivity contribution < 1.29 is 0 Å². The molecule has 1 heterocycles. The standard InChI is InChI=1S/C18H35N5/c1-7-8-9-10-11-14(2)21-18(19-5)20-13-12-17-15(3)22-23(6)16(17)4/h14H,7-13H2,1-6H3,(H2,19,20,21). The van der Waals surface area contributed by atoms with E-state index in [1.54, 1.807) is 0 Å². The summed E-state index contributed by atoms with van der Waals surface area (Å²) in [5.41, 5.74) is 3.71. The zero-order chi connectivity index (χ0) is 17.2. The molecule has 1 rings (SSSR count). The van der Waals surface area contributed by atoms with Crippen LogP contribution < -0.4 is 10.6 Å². The highest BCUT2D eigenvalue weighted by molar-refractivity contribution is 5.79. The van der Waals surface area contributed by atoms with Gasteiger partial charge in [0.2, 0.25) is 0 Å². The van der Waals surface area contributed by atoms with Crippen LogP contribution in [0.1, 0.15) is 62.9 Å².